The Bertz CT molecular complexity index is 633. The molecule has 0 aliphatic rings. The van der Waals surface area contributed by atoms with Crippen LogP contribution in [-0.4, -0.2) is 24.7 Å². The van der Waals surface area contributed by atoms with Crippen LogP contribution in [0.25, 0.3) is 10.9 Å². The van der Waals surface area contributed by atoms with Crippen LogP contribution < -0.4 is 4.74 Å². The quantitative estimate of drug-likeness (QED) is 0.582. The molecule has 2 rings (SSSR count). The summed E-state index contributed by atoms with van der Waals surface area (Å²) in [7, 11) is 0. The molecule has 1 aromatic heterocycles. The first-order chi connectivity index (χ1) is 9.67. The van der Waals surface area contributed by atoms with E-state index in [1.807, 2.05) is 19.1 Å². The molecule has 20 heavy (non-hydrogen) atoms. The van der Waals surface area contributed by atoms with E-state index in [1.165, 1.54) is 0 Å². The Kier molecular flexibility index (Phi) is 5.20. The Morgan fingerprint density at radius 3 is 2.95 bits per heavy atom. The predicted molar refractivity (Wildman–Crippen MR) is 81.3 cm³/mol. The standard InChI is InChI=1S/C14H13BrClNO3/c1-2-20-13-5-10-12(6-11(13)15)17-7-9(14(10)16)3-4-19-8-18/h5-8H,2-4H2,1H3. The van der Waals surface area contributed by atoms with Crippen molar-refractivity contribution in [2.24, 2.45) is 0 Å². The van der Waals surface area contributed by atoms with Gasteiger partial charge in [0.1, 0.15) is 5.75 Å². The molecule has 0 aliphatic heterocycles. The maximum atomic E-state index is 10.2. The van der Waals surface area contributed by atoms with Gasteiger partial charge in [0.25, 0.3) is 6.47 Å². The van der Waals surface area contributed by atoms with Gasteiger partial charge in [0.2, 0.25) is 0 Å². The van der Waals surface area contributed by atoms with E-state index in [4.69, 9.17) is 16.3 Å². The fraction of sp³-hybridized carbons (Fsp3) is 0.286. The highest BCUT2D eigenvalue weighted by Crippen LogP contribution is 2.34. The number of nitrogens with zero attached hydrogens (tertiary/aromatic N) is 1. The molecule has 0 unspecified atom stereocenters. The second-order valence-electron chi connectivity index (χ2n) is 4.05. The maximum Gasteiger partial charge on any atom is 0.293 e. The lowest BCUT2D eigenvalue weighted by molar-refractivity contribution is -0.128. The monoisotopic (exact) mass is 357 g/mol. The minimum absolute atomic E-state index is 0.283. The predicted octanol–water partition coefficient (Wildman–Crippen LogP) is 3.76. The molecular formula is C14H13BrClNO3. The minimum atomic E-state index is 0.283. The normalized spacial score (nSPS) is 10.6. The van der Waals surface area contributed by atoms with Crippen LogP contribution in [0.1, 0.15) is 12.5 Å². The molecule has 6 heteroatoms. The molecule has 0 spiro atoms. The second kappa shape index (κ2) is 6.90. The molecule has 2 aromatic rings. The lowest BCUT2D eigenvalue weighted by Gasteiger charge is -2.10. The number of fused-ring (bicyclic) bond motifs is 1. The van der Waals surface area contributed by atoms with Crippen LogP contribution in [-0.2, 0) is 16.0 Å². The molecule has 0 N–H and O–H groups in total. The molecule has 0 radical (unpaired) electrons. The Balaban J connectivity index is 2.42. The van der Waals surface area contributed by atoms with Crippen LogP contribution >= 0.6 is 27.5 Å². The molecule has 4 nitrogen and oxygen atoms in total. The third-order valence-corrected chi connectivity index (χ3v) is 3.85. The Morgan fingerprint density at radius 1 is 1.45 bits per heavy atom. The molecule has 106 valence electrons. The van der Waals surface area contributed by atoms with Crippen molar-refractivity contribution in [2.75, 3.05) is 13.2 Å². The van der Waals surface area contributed by atoms with Crippen molar-refractivity contribution in [1.82, 2.24) is 4.98 Å². The fourth-order valence-electron chi connectivity index (χ4n) is 1.86. The molecule has 0 bridgehead atoms. The van der Waals surface area contributed by atoms with Crippen LogP contribution in [0.15, 0.2) is 22.8 Å². The van der Waals surface area contributed by atoms with Crippen LogP contribution in [0, 0.1) is 0 Å². The molecule has 0 fully saturated rings. The van der Waals surface area contributed by atoms with E-state index in [-0.39, 0.29) is 6.61 Å². The SMILES string of the molecule is CCOc1cc2c(Cl)c(CCOC=O)cnc2cc1Br. The number of hydrogen-bond donors (Lipinski definition) is 0. The van der Waals surface area contributed by atoms with Gasteiger partial charge in [0.15, 0.2) is 0 Å². The number of carbonyl (C=O) groups excluding carboxylic acids is 1. The van der Waals surface area contributed by atoms with Crippen molar-refractivity contribution in [3.05, 3.63) is 33.4 Å². The summed E-state index contributed by atoms with van der Waals surface area (Å²) in [6, 6.07) is 3.74. The van der Waals surface area contributed by atoms with Gasteiger partial charge in [-0.1, -0.05) is 11.6 Å². The van der Waals surface area contributed by atoms with Gasteiger partial charge in [-0.15, -0.1) is 0 Å². The zero-order chi connectivity index (χ0) is 14.5. The van der Waals surface area contributed by atoms with Crippen molar-refractivity contribution in [1.29, 1.82) is 0 Å². The van der Waals surface area contributed by atoms with Crippen molar-refractivity contribution >= 4 is 44.9 Å². The van der Waals surface area contributed by atoms with Gasteiger partial charge < -0.3 is 9.47 Å². The van der Waals surface area contributed by atoms with E-state index in [0.29, 0.717) is 24.5 Å². The summed E-state index contributed by atoms with van der Waals surface area (Å²) in [6.45, 7) is 3.20. The molecular weight excluding hydrogens is 346 g/mol. The Labute approximate surface area is 130 Å². The maximum absolute atomic E-state index is 10.2. The summed E-state index contributed by atoms with van der Waals surface area (Å²) in [5.74, 6) is 0.727. The van der Waals surface area contributed by atoms with Gasteiger partial charge in [0, 0.05) is 18.0 Å². The number of ether oxygens (including phenoxy) is 2. The third-order valence-electron chi connectivity index (χ3n) is 2.79. The van der Waals surface area contributed by atoms with E-state index >= 15 is 0 Å². The zero-order valence-electron chi connectivity index (χ0n) is 10.9. The van der Waals surface area contributed by atoms with Crippen molar-refractivity contribution in [3.63, 3.8) is 0 Å². The van der Waals surface area contributed by atoms with Crippen molar-refractivity contribution < 1.29 is 14.3 Å². The summed E-state index contributed by atoms with van der Waals surface area (Å²) < 4.78 is 11.1. The van der Waals surface area contributed by atoms with Gasteiger partial charge in [-0.05, 0) is 40.5 Å². The molecule has 0 amide bonds. The molecule has 1 heterocycles. The third kappa shape index (κ3) is 3.22. The summed E-state index contributed by atoms with van der Waals surface area (Å²) >= 11 is 9.84. The average molecular weight is 359 g/mol. The minimum Gasteiger partial charge on any atom is -0.493 e. The van der Waals surface area contributed by atoms with Crippen molar-refractivity contribution in [2.45, 2.75) is 13.3 Å². The summed E-state index contributed by atoms with van der Waals surface area (Å²) in [5.41, 5.74) is 1.62. The van der Waals surface area contributed by atoms with E-state index in [0.717, 1.165) is 26.7 Å². The van der Waals surface area contributed by atoms with Gasteiger partial charge in [0.05, 0.1) is 28.2 Å². The van der Waals surface area contributed by atoms with Gasteiger partial charge in [-0.3, -0.25) is 9.78 Å². The molecule has 0 saturated carbocycles. The zero-order valence-corrected chi connectivity index (χ0v) is 13.2. The largest absolute Gasteiger partial charge is 0.493 e. The molecule has 0 atom stereocenters. The highest BCUT2D eigenvalue weighted by Gasteiger charge is 2.11. The number of benzene rings is 1. The first kappa shape index (κ1) is 15.1. The number of rotatable bonds is 6. The van der Waals surface area contributed by atoms with Crippen LogP contribution in [0.2, 0.25) is 5.02 Å². The van der Waals surface area contributed by atoms with Crippen LogP contribution in [0.4, 0.5) is 0 Å². The van der Waals surface area contributed by atoms with E-state index < -0.39 is 0 Å². The number of halogens is 2. The lowest BCUT2D eigenvalue weighted by atomic mass is 10.1. The topological polar surface area (TPSA) is 48.4 Å². The number of pyridine rings is 1. The Hall–Kier alpha value is -1.33. The van der Waals surface area contributed by atoms with E-state index in [1.54, 1.807) is 6.20 Å². The molecule has 1 aromatic carbocycles. The number of carbonyl (C=O) groups is 1. The Morgan fingerprint density at radius 2 is 2.25 bits per heavy atom. The van der Waals surface area contributed by atoms with Gasteiger partial charge in [-0.25, -0.2) is 0 Å². The van der Waals surface area contributed by atoms with Crippen LogP contribution in [0.5, 0.6) is 5.75 Å². The van der Waals surface area contributed by atoms with E-state index in [9.17, 15) is 4.79 Å². The summed E-state index contributed by atoms with van der Waals surface area (Å²) in [5, 5.41) is 1.43. The summed E-state index contributed by atoms with van der Waals surface area (Å²) in [4.78, 5) is 14.5. The fourth-order valence-corrected chi connectivity index (χ4v) is 2.60. The molecule has 0 saturated heterocycles. The smallest absolute Gasteiger partial charge is 0.293 e. The highest BCUT2D eigenvalue weighted by molar-refractivity contribution is 9.10. The molecule has 0 aliphatic carbocycles. The second-order valence-corrected chi connectivity index (χ2v) is 5.28. The number of aromatic nitrogens is 1. The van der Waals surface area contributed by atoms with Crippen LogP contribution in [0.3, 0.4) is 0 Å². The lowest BCUT2D eigenvalue weighted by Crippen LogP contribution is -1.99. The first-order valence-corrected chi connectivity index (χ1v) is 7.29. The van der Waals surface area contributed by atoms with Gasteiger partial charge in [-0.2, -0.15) is 0 Å². The van der Waals surface area contributed by atoms with E-state index in [2.05, 4.69) is 25.7 Å². The van der Waals surface area contributed by atoms with Crippen molar-refractivity contribution in [3.8, 4) is 5.75 Å². The number of hydrogen-bond acceptors (Lipinski definition) is 4. The van der Waals surface area contributed by atoms with Gasteiger partial charge >= 0.3 is 0 Å². The highest BCUT2D eigenvalue weighted by atomic mass is 79.9. The first-order valence-electron chi connectivity index (χ1n) is 6.12. The summed E-state index contributed by atoms with van der Waals surface area (Å²) in [6.07, 6.45) is 2.23. The average Bonchev–Trinajstić information content (AvgIpc) is 2.43.